The lowest BCUT2D eigenvalue weighted by Crippen LogP contribution is -2.43. The smallest absolute Gasteiger partial charge is 0.259 e. The molecule has 0 saturated carbocycles. The average Bonchev–Trinajstić information content (AvgIpc) is 3.34. The molecule has 1 fully saturated rings. The lowest BCUT2D eigenvalue weighted by Gasteiger charge is -2.36. The minimum Gasteiger partial charge on any atom is -0.379 e. The van der Waals surface area contributed by atoms with Crippen LogP contribution in [0, 0.1) is 13.8 Å². The van der Waals surface area contributed by atoms with Crippen LogP contribution in [0.2, 0.25) is 0 Å². The van der Waals surface area contributed by atoms with Gasteiger partial charge in [-0.3, -0.25) is 14.7 Å². The number of hydrogen-bond acceptors (Lipinski definition) is 7. The summed E-state index contributed by atoms with van der Waals surface area (Å²) in [6.07, 6.45) is 10.6. The third-order valence-corrected chi connectivity index (χ3v) is 7.34. The van der Waals surface area contributed by atoms with Gasteiger partial charge in [0.25, 0.3) is 5.91 Å². The number of nitrogens with zero attached hydrogens (tertiary/aromatic N) is 5. The van der Waals surface area contributed by atoms with Crippen molar-refractivity contribution in [3.8, 4) is 5.82 Å². The molecule has 0 spiro atoms. The van der Waals surface area contributed by atoms with Crippen LogP contribution in [0.3, 0.4) is 0 Å². The number of hydrogen-bond donors (Lipinski definition) is 1. The number of pyridine rings is 2. The third kappa shape index (κ3) is 5.85. The Balaban J connectivity index is 1.23. The molecule has 1 amide bonds. The first-order valence-corrected chi connectivity index (χ1v) is 13.4. The van der Waals surface area contributed by atoms with E-state index in [4.69, 9.17) is 14.5 Å². The Labute approximate surface area is 223 Å². The lowest BCUT2D eigenvalue weighted by molar-refractivity contribution is 0.0150. The topological polar surface area (TPSA) is 94.4 Å². The fourth-order valence-corrected chi connectivity index (χ4v) is 5.20. The molecule has 38 heavy (non-hydrogen) atoms. The molecule has 1 aliphatic carbocycles. The van der Waals surface area contributed by atoms with Crippen LogP contribution in [-0.2, 0) is 16.1 Å². The maximum atomic E-state index is 13.1. The Morgan fingerprint density at radius 3 is 2.68 bits per heavy atom. The van der Waals surface area contributed by atoms with E-state index in [1.54, 1.807) is 23.3 Å². The summed E-state index contributed by atoms with van der Waals surface area (Å²) >= 11 is 0. The Bertz CT molecular complexity index is 1290. The molecule has 1 atom stereocenters. The monoisotopic (exact) mass is 516 g/mol. The highest BCUT2D eigenvalue weighted by atomic mass is 16.5. The number of carbonyl (C=O) groups excluding carboxylic acids is 1. The van der Waals surface area contributed by atoms with Gasteiger partial charge in [-0.05, 0) is 68.9 Å². The van der Waals surface area contributed by atoms with Gasteiger partial charge >= 0.3 is 0 Å². The van der Waals surface area contributed by atoms with E-state index in [2.05, 4.69) is 33.3 Å². The van der Waals surface area contributed by atoms with Crippen molar-refractivity contribution in [1.29, 1.82) is 0 Å². The fraction of sp³-hybridized carbons (Fsp3) is 0.448. The first-order chi connectivity index (χ1) is 18.5. The molecular formula is C29H36N6O3. The van der Waals surface area contributed by atoms with Crippen molar-refractivity contribution >= 4 is 17.2 Å². The molecule has 1 aliphatic heterocycles. The molecule has 0 aromatic carbocycles. The van der Waals surface area contributed by atoms with Gasteiger partial charge in [0.15, 0.2) is 5.82 Å². The molecule has 5 rings (SSSR count). The van der Waals surface area contributed by atoms with E-state index in [1.165, 1.54) is 5.57 Å². The normalized spacial score (nSPS) is 18.3. The number of aryl methyl sites for hydroxylation is 1. The summed E-state index contributed by atoms with van der Waals surface area (Å²) in [5.41, 5.74) is 6.25. The number of rotatable bonds is 8. The first kappa shape index (κ1) is 26.2. The van der Waals surface area contributed by atoms with E-state index < -0.39 is 0 Å². The van der Waals surface area contributed by atoms with E-state index in [0.717, 1.165) is 68.1 Å². The summed E-state index contributed by atoms with van der Waals surface area (Å²) in [7, 11) is 0. The fourth-order valence-electron chi connectivity index (χ4n) is 5.20. The minimum absolute atomic E-state index is 0.221. The summed E-state index contributed by atoms with van der Waals surface area (Å²) in [6.45, 7) is 10.8. The van der Waals surface area contributed by atoms with Gasteiger partial charge in [-0.25, -0.2) is 9.67 Å². The van der Waals surface area contributed by atoms with Crippen LogP contribution in [0.1, 0.15) is 59.1 Å². The highest BCUT2D eigenvalue weighted by molar-refractivity contribution is 6.05. The molecule has 1 unspecified atom stereocenters. The second-order valence-electron chi connectivity index (χ2n) is 9.87. The summed E-state index contributed by atoms with van der Waals surface area (Å²) in [6, 6.07) is 6.42. The Morgan fingerprint density at radius 2 is 2.00 bits per heavy atom. The zero-order valence-electron chi connectivity index (χ0n) is 22.4. The van der Waals surface area contributed by atoms with Crippen molar-refractivity contribution in [2.24, 2.45) is 0 Å². The number of nitrogens with one attached hydrogen (secondary N) is 1. The van der Waals surface area contributed by atoms with Crippen LogP contribution in [0.5, 0.6) is 0 Å². The van der Waals surface area contributed by atoms with Crippen molar-refractivity contribution in [2.75, 3.05) is 38.2 Å². The lowest BCUT2D eigenvalue weighted by atomic mass is 9.90. The molecule has 4 heterocycles. The molecule has 2 aliphatic rings. The molecule has 200 valence electrons. The van der Waals surface area contributed by atoms with Crippen molar-refractivity contribution in [3.05, 3.63) is 70.9 Å². The van der Waals surface area contributed by atoms with Crippen LogP contribution in [0.15, 0.2) is 42.9 Å². The number of allylic oxidation sites excluding steroid dienone is 1. The molecule has 0 bridgehead atoms. The maximum Gasteiger partial charge on any atom is 0.259 e. The molecule has 1 N–H and O–H groups in total. The molecule has 0 radical (unpaired) electrons. The second-order valence-corrected chi connectivity index (χ2v) is 9.87. The van der Waals surface area contributed by atoms with Gasteiger partial charge < -0.3 is 14.8 Å². The number of morpholine rings is 1. The second kappa shape index (κ2) is 12.0. The van der Waals surface area contributed by atoms with Gasteiger partial charge in [0.2, 0.25) is 0 Å². The van der Waals surface area contributed by atoms with Gasteiger partial charge in [-0.2, -0.15) is 5.10 Å². The van der Waals surface area contributed by atoms with Gasteiger partial charge in [0.1, 0.15) is 0 Å². The molecule has 9 nitrogen and oxygen atoms in total. The Morgan fingerprint density at radius 1 is 1.16 bits per heavy atom. The number of aromatic nitrogens is 4. The summed E-state index contributed by atoms with van der Waals surface area (Å²) in [4.78, 5) is 24.8. The van der Waals surface area contributed by atoms with Crippen LogP contribution < -0.4 is 5.32 Å². The highest BCUT2D eigenvalue weighted by Gasteiger charge is 2.24. The van der Waals surface area contributed by atoms with E-state index in [9.17, 15) is 4.79 Å². The van der Waals surface area contributed by atoms with Crippen molar-refractivity contribution in [1.82, 2.24) is 24.6 Å². The quantitative estimate of drug-likeness (QED) is 0.476. The number of anilines is 1. The van der Waals surface area contributed by atoms with Gasteiger partial charge in [0, 0.05) is 31.9 Å². The summed E-state index contributed by atoms with van der Waals surface area (Å²) < 4.78 is 12.6. The standard InChI is InChI=1S/C29H36N6O3/c1-4-37-19-22-5-10-27(30-16-22)35-21(3)26(18-32-35)29(36)33-24-15-20(2)28(31-17-24)23-6-8-25(9-7-23)34-11-13-38-14-12-34/h5-6,10,15-18,25H,4,7-9,11-14,19H2,1-3H3,(H,33,36). The highest BCUT2D eigenvalue weighted by Crippen LogP contribution is 2.31. The number of amides is 1. The Kier molecular flexibility index (Phi) is 8.26. The van der Waals surface area contributed by atoms with Crippen molar-refractivity contribution in [2.45, 2.75) is 52.7 Å². The average molecular weight is 517 g/mol. The van der Waals surface area contributed by atoms with Crippen LogP contribution in [0.4, 0.5) is 5.69 Å². The van der Waals surface area contributed by atoms with Crippen molar-refractivity contribution < 1.29 is 14.3 Å². The zero-order valence-corrected chi connectivity index (χ0v) is 22.4. The third-order valence-electron chi connectivity index (χ3n) is 7.34. The zero-order chi connectivity index (χ0) is 26.5. The summed E-state index contributed by atoms with van der Waals surface area (Å²) in [5.74, 6) is 0.432. The maximum absolute atomic E-state index is 13.1. The first-order valence-electron chi connectivity index (χ1n) is 13.4. The Hall–Kier alpha value is -3.40. The van der Waals surface area contributed by atoms with E-state index in [0.29, 0.717) is 36.3 Å². The predicted octanol–water partition coefficient (Wildman–Crippen LogP) is 4.34. The van der Waals surface area contributed by atoms with Gasteiger partial charge in [0.05, 0.1) is 54.9 Å². The molecule has 3 aromatic rings. The molecule has 3 aromatic heterocycles. The van der Waals surface area contributed by atoms with Gasteiger partial charge in [-0.15, -0.1) is 0 Å². The minimum atomic E-state index is -0.221. The van der Waals surface area contributed by atoms with Crippen LogP contribution >= 0.6 is 0 Å². The van der Waals surface area contributed by atoms with Gasteiger partial charge in [-0.1, -0.05) is 12.1 Å². The van der Waals surface area contributed by atoms with Crippen LogP contribution in [0.25, 0.3) is 11.4 Å². The van der Waals surface area contributed by atoms with Crippen molar-refractivity contribution in [3.63, 3.8) is 0 Å². The SMILES string of the molecule is CCOCc1ccc(-n2ncc(C(=O)Nc3cnc(C4=CCC(N5CCOCC5)CC4)c(C)c3)c2C)nc1. The predicted molar refractivity (Wildman–Crippen MR) is 146 cm³/mol. The molecule has 9 heteroatoms. The summed E-state index contributed by atoms with van der Waals surface area (Å²) in [5, 5.41) is 7.39. The number of ether oxygens (including phenoxy) is 2. The van der Waals surface area contributed by atoms with E-state index in [1.807, 2.05) is 32.0 Å². The van der Waals surface area contributed by atoms with E-state index in [-0.39, 0.29) is 5.91 Å². The van der Waals surface area contributed by atoms with E-state index >= 15 is 0 Å². The largest absolute Gasteiger partial charge is 0.379 e. The van der Waals surface area contributed by atoms with Crippen LogP contribution in [-0.4, -0.2) is 69.5 Å². The molecular weight excluding hydrogens is 480 g/mol. The number of carbonyl (C=O) groups is 1. The molecule has 1 saturated heterocycles.